The number of rotatable bonds is 5. The van der Waals surface area contributed by atoms with Crippen molar-refractivity contribution in [3.05, 3.63) is 0 Å². The van der Waals surface area contributed by atoms with Gasteiger partial charge in [-0.1, -0.05) is 13.3 Å². The highest BCUT2D eigenvalue weighted by molar-refractivity contribution is 6.44. The highest BCUT2D eigenvalue weighted by Crippen LogP contribution is 2.13. The van der Waals surface area contributed by atoms with E-state index in [0.717, 1.165) is 16.2 Å². The Labute approximate surface area is 93.4 Å². The molecule has 0 N–H and O–H groups in total. The molecule has 0 aromatic carbocycles. The summed E-state index contributed by atoms with van der Waals surface area (Å²) in [4.78, 5) is 36.2. The summed E-state index contributed by atoms with van der Waals surface area (Å²) in [6, 6.07) is 1.23. The number of carbonyl (C=O) groups excluding carboxylic acids is 3. The Morgan fingerprint density at radius 1 is 1.12 bits per heavy atom. The largest absolute Gasteiger partial charge is 0.334 e. The number of nitriles is 1. The molecule has 1 fully saturated rings. The van der Waals surface area contributed by atoms with Gasteiger partial charge in [-0.25, -0.2) is 4.79 Å². The first-order valence-corrected chi connectivity index (χ1v) is 5.17. The van der Waals surface area contributed by atoms with Crippen LogP contribution in [0.2, 0.25) is 0 Å². The molecule has 0 unspecified atom stereocenters. The van der Waals surface area contributed by atoms with Crippen molar-refractivity contribution in [2.45, 2.75) is 26.2 Å². The van der Waals surface area contributed by atoms with Crippen molar-refractivity contribution in [2.75, 3.05) is 13.1 Å². The van der Waals surface area contributed by atoms with Crippen molar-refractivity contribution in [2.24, 2.45) is 0 Å². The Kier molecular flexibility index (Phi) is 4.00. The third-order valence-corrected chi connectivity index (χ3v) is 2.32. The molecule has 16 heavy (non-hydrogen) atoms. The average Bonchev–Trinajstić information content (AvgIpc) is 2.47. The first kappa shape index (κ1) is 12.2. The lowest BCUT2D eigenvalue weighted by molar-refractivity contribution is -0.143. The predicted octanol–water partition coefficient (Wildman–Crippen LogP) is 0.491. The van der Waals surface area contributed by atoms with Crippen LogP contribution in [0.15, 0.2) is 0 Å². The average molecular weight is 223 g/mol. The Morgan fingerprint density at radius 2 is 1.69 bits per heavy atom. The van der Waals surface area contributed by atoms with Gasteiger partial charge in [0.05, 0.1) is 12.5 Å². The normalized spacial score (nSPS) is 15.9. The van der Waals surface area contributed by atoms with Crippen LogP contribution in [0.25, 0.3) is 0 Å². The molecule has 6 nitrogen and oxygen atoms in total. The van der Waals surface area contributed by atoms with Crippen LogP contribution in [0.1, 0.15) is 26.2 Å². The standard InChI is InChI=1S/C10H13N3O3/c1-2-3-6-12-8(14)9(15)13(10(12)16)7-4-5-11/h2-4,6-7H2,1H3. The molecular formula is C10H13N3O3. The number of hydrogen-bond donors (Lipinski definition) is 0. The molecule has 4 amide bonds. The molecule has 0 spiro atoms. The molecule has 0 aliphatic carbocycles. The summed E-state index contributed by atoms with van der Waals surface area (Å²) in [7, 11) is 0. The van der Waals surface area contributed by atoms with Crippen molar-refractivity contribution in [3.63, 3.8) is 0 Å². The molecule has 1 aliphatic rings. The van der Waals surface area contributed by atoms with Gasteiger partial charge in [0, 0.05) is 13.1 Å². The van der Waals surface area contributed by atoms with Crippen LogP contribution in [0.4, 0.5) is 4.79 Å². The Hall–Kier alpha value is -1.90. The zero-order valence-electron chi connectivity index (χ0n) is 9.10. The van der Waals surface area contributed by atoms with E-state index in [1.807, 2.05) is 13.0 Å². The Bertz CT molecular complexity index is 359. The molecule has 1 heterocycles. The minimum atomic E-state index is -0.823. The SMILES string of the molecule is CCCCN1C(=O)C(=O)N(CCC#N)C1=O. The van der Waals surface area contributed by atoms with Crippen molar-refractivity contribution < 1.29 is 14.4 Å². The maximum Gasteiger partial charge on any atom is 0.334 e. The van der Waals surface area contributed by atoms with Crippen molar-refractivity contribution in [1.82, 2.24) is 9.80 Å². The van der Waals surface area contributed by atoms with Gasteiger partial charge in [0.2, 0.25) is 0 Å². The van der Waals surface area contributed by atoms with Gasteiger partial charge in [-0.15, -0.1) is 0 Å². The third-order valence-electron chi connectivity index (χ3n) is 2.32. The van der Waals surface area contributed by atoms with Gasteiger partial charge in [0.15, 0.2) is 0 Å². The Balaban J connectivity index is 2.70. The second-order valence-electron chi connectivity index (χ2n) is 3.46. The van der Waals surface area contributed by atoms with E-state index >= 15 is 0 Å². The lowest BCUT2D eigenvalue weighted by Gasteiger charge is -2.13. The molecule has 6 heteroatoms. The molecule has 1 saturated heterocycles. The van der Waals surface area contributed by atoms with Crippen molar-refractivity contribution >= 4 is 17.8 Å². The van der Waals surface area contributed by atoms with E-state index in [0.29, 0.717) is 6.42 Å². The zero-order valence-corrected chi connectivity index (χ0v) is 9.10. The lowest BCUT2D eigenvalue weighted by atomic mass is 10.3. The highest BCUT2D eigenvalue weighted by Gasteiger charge is 2.43. The summed E-state index contributed by atoms with van der Waals surface area (Å²) >= 11 is 0. The van der Waals surface area contributed by atoms with Gasteiger partial charge in [-0.3, -0.25) is 19.4 Å². The fourth-order valence-electron chi connectivity index (χ4n) is 1.42. The maximum absolute atomic E-state index is 11.6. The molecule has 0 radical (unpaired) electrons. The molecule has 86 valence electrons. The van der Waals surface area contributed by atoms with E-state index in [1.165, 1.54) is 0 Å². The fraction of sp³-hybridized carbons (Fsp3) is 0.600. The molecule has 0 atom stereocenters. The van der Waals surface area contributed by atoms with Crippen LogP contribution in [0, 0.1) is 11.3 Å². The third kappa shape index (κ3) is 2.19. The summed E-state index contributed by atoms with van der Waals surface area (Å²) in [5.74, 6) is -1.60. The molecular weight excluding hydrogens is 210 g/mol. The fourth-order valence-corrected chi connectivity index (χ4v) is 1.42. The quantitative estimate of drug-likeness (QED) is 0.501. The smallest absolute Gasteiger partial charge is 0.263 e. The van der Waals surface area contributed by atoms with E-state index in [-0.39, 0.29) is 19.5 Å². The van der Waals surface area contributed by atoms with Gasteiger partial charge in [-0.05, 0) is 6.42 Å². The van der Waals surface area contributed by atoms with Crippen molar-refractivity contribution in [3.8, 4) is 6.07 Å². The first-order chi connectivity index (χ1) is 7.63. The van der Waals surface area contributed by atoms with Gasteiger partial charge in [-0.2, -0.15) is 5.26 Å². The number of hydrogen-bond acceptors (Lipinski definition) is 4. The predicted molar refractivity (Wildman–Crippen MR) is 54.0 cm³/mol. The first-order valence-electron chi connectivity index (χ1n) is 5.17. The minimum absolute atomic E-state index is 0.0114. The van der Waals surface area contributed by atoms with Crippen LogP contribution in [0.3, 0.4) is 0 Å². The van der Waals surface area contributed by atoms with E-state index in [4.69, 9.17) is 5.26 Å². The van der Waals surface area contributed by atoms with Crippen molar-refractivity contribution in [1.29, 1.82) is 5.26 Å². The molecule has 0 aromatic rings. The maximum atomic E-state index is 11.6. The zero-order chi connectivity index (χ0) is 12.1. The van der Waals surface area contributed by atoms with E-state index in [2.05, 4.69) is 0 Å². The lowest BCUT2D eigenvalue weighted by Crippen LogP contribution is -2.34. The summed E-state index contributed by atoms with van der Waals surface area (Å²) in [6.07, 6.45) is 1.56. The number of carbonyl (C=O) groups is 3. The van der Waals surface area contributed by atoms with Gasteiger partial charge in [0.1, 0.15) is 0 Å². The van der Waals surface area contributed by atoms with Gasteiger partial charge >= 0.3 is 17.8 Å². The second kappa shape index (κ2) is 5.26. The number of unbranched alkanes of at least 4 members (excludes halogenated alkanes) is 1. The summed E-state index contributed by atoms with van der Waals surface area (Å²) in [5.41, 5.74) is 0. The molecule has 1 rings (SSSR count). The molecule has 0 aromatic heterocycles. The number of urea groups is 1. The monoisotopic (exact) mass is 223 g/mol. The summed E-state index contributed by atoms with van der Waals surface area (Å²) in [5, 5.41) is 8.37. The van der Waals surface area contributed by atoms with Crippen LogP contribution in [-0.2, 0) is 9.59 Å². The van der Waals surface area contributed by atoms with Crippen LogP contribution >= 0.6 is 0 Å². The second-order valence-corrected chi connectivity index (χ2v) is 3.46. The summed E-state index contributed by atoms with van der Waals surface area (Å²) < 4.78 is 0. The van der Waals surface area contributed by atoms with E-state index < -0.39 is 17.8 Å². The minimum Gasteiger partial charge on any atom is -0.263 e. The number of nitrogens with zero attached hydrogens (tertiary/aromatic N) is 3. The molecule has 1 aliphatic heterocycles. The van der Waals surface area contributed by atoms with E-state index in [9.17, 15) is 14.4 Å². The van der Waals surface area contributed by atoms with Crippen LogP contribution in [0.5, 0.6) is 0 Å². The number of amides is 4. The number of imide groups is 2. The Morgan fingerprint density at radius 3 is 2.19 bits per heavy atom. The molecule has 0 bridgehead atoms. The summed E-state index contributed by atoms with van der Waals surface area (Å²) in [6.45, 7) is 2.19. The van der Waals surface area contributed by atoms with Gasteiger partial charge < -0.3 is 0 Å². The topological polar surface area (TPSA) is 81.5 Å². The molecule has 0 saturated carbocycles. The highest BCUT2D eigenvalue weighted by atomic mass is 16.2. The van der Waals surface area contributed by atoms with Crippen LogP contribution in [-0.4, -0.2) is 40.7 Å². The van der Waals surface area contributed by atoms with Gasteiger partial charge in [0.25, 0.3) is 0 Å². The van der Waals surface area contributed by atoms with Crippen LogP contribution < -0.4 is 0 Å². The van der Waals surface area contributed by atoms with E-state index in [1.54, 1.807) is 0 Å².